The van der Waals surface area contributed by atoms with Crippen molar-refractivity contribution in [2.75, 3.05) is 40.0 Å². The highest BCUT2D eigenvalue weighted by Gasteiger charge is 2.27. The highest BCUT2D eigenvalue weighted by atomic mass is 16.6. The SMILES string of the molecule is CCOC(=O)/C(=N\OCc1ccc(OC)cc1)c1nc2ccccc2n1CC(=O)N1CCOCC1. The van der Waals surface area contributed by atoms with E-state index >= 15 is 0 Å². The molecule has 2 aromatic carbocycles. The highest BCUT2D eigenvalue weighted by molar-refractivity contribution is 6.42. The molecule has 0 radical (unpaired) electrons. The molecule has 0 unspecified atom stereocenters. The van der Waals surface area contributed by atoms with Crippen LogP contribution in [0.15, 0.2) is 53.7 Å². The quantitative estimate of drug-likeness (QED) is 0.263. The zero-order chi connectivity index (χ0) is 24.6. The number of morpholine rings is 1. The number of fused-ring (bicyclic) bond motifs is 1. The minimum absolute atomic E-state index is 0.00719. The molecule has 1 amide bonds. The maximum atomic E-state index is 13.1. The summed E-state index contributed by atoms with van der Waals surface area (Å²) in [6, 6.07) is 14.7. The molecule has 4 rings (SSSR count). The standard InChI is InChI=1S/C25H28N4O6/c1-3-34-25(31)23(27-35-17-18-8-10-19(32-2)11-9-18)24-26-20-6-4-5-7-21(20)29(24)16-22(30)28-12-14-33-15-13-28/h4-11H,3,12-17H2,1-2H3/b27-23-. The fraction of sp³-hybridized carbons (Fsp3) is 0.360. The first-order valence-electron chi connectivity index (χ1n) is 11.4. The van der Waals surface area contributed by atoms with Crippen molar-refractivity contribution >= 4 is 28.6 Å². The fourth-order valence-electron chi connectivity index (χ4n) is 3.73. The average molecular weight is 481 g/mol. The van der Waals surface area contributed by atoms with Gasteiger partial charge in [-0.05, 0) is 36.8 Å². The number of methoxy groups -OCH3 is 1. The Morgan fingerprint density at radius 3 is 2.54 bits per heavy atom. The number of esters is 1. The minimum atomic E-state index is -0.683. The Morgan fingerprint density at radius 1 is 1.09 bits per heavy atom. The Balaban J connectivity index is 1.65. The summed E-state index contributed by atoms with van der Waals surface area (Å²) in [5.74, 6) is 0.154. The molecule has 0 aliphatic carbocycles. The van der Waals surface area contributed by atoms with Gasteiger partial charge in [0.2, 0.25) is 11.6 Å². The summed E-state index contributed by atoms with van der Waals surface area (Å²) in [6.45, 7) is 4.01. The van der Waals surface area contributed by atoms with Crippen molar-refractivity contribution in [2.45, 2.75) is 20.1 Å². The second-order valence-corrected chi connectivity index (χ2v) is 7.79. The van der Waals surface area contributed by atoms with Gasteiger partial charge in [0.05, 0.1) is 38.0 Å². The Morgan fingerprint density at radius 2 is 1.83 bits per heavy atom. The van der Waals surface area contributed by atoms with Crippen LogP contribution in [0.4, 0.5) is 0 Å². The van der Waals surface area contributed by atoms with Gasteiger partial charge in [0.25, 0.3) is 0 Å². The van der Waals surface area contributed by atoms with Crippen LogP contribution in [0.3, 0.4) is 0 Å². The second-order valence-electron chi connectivity index (χ2n) is 7.79. The number of para-hydroxylation sites is 2. The monoisotopic (exact) mass is 480 g/mol. The van der Waals surface area contributed by atoms with E-state index in [9.17, 15) is 9.59 Å². The van der Waals surface area contributed by atoms with Gasteiger partial charge in [-0.1, -0.05) is 29.4 Å². The van der Waals surface area contributed by atoms with Crippen molar-refractivity contribution in [3.63, 3.8) is 0 Å². The average Bonchev–Trinajstić information content (AvgIpc) is 3.25. The first-order chi connectivity index (χ1) is 17.1. The number of hydrogen-bond acceptors (Lipinski definition) is 8. The number of benzene rings is 2. The number of imidazole rings is 1. The van der Waals surface area contributed by atoms with Gasteiger partial charge in [-0.25, -0.2) is 9.78 Å². The molecule has 35 heavy (non-hydrogen) atoms. The number of hydrogen-bond donors (Lipinski definition) is 0. The van der Waals surface area contributed by atoms with Gasteiger partial charge in [-0.3, -0.25) is 4.79 Å². The van der Waals surface area contributed by atoms with Gasteiger partial charge >= 0.3 is 5.97 Å². The number of nitrogens with zero attached hydrogens (tertiary/aromatic N) is 4. The first kappa shape index (κ1) is 24.2. The van der Waals surface area contributed by atoms with Gasteiger partial charge in [0.1, 0.15) is 18.9 Å². The van der Waals surface area contributed by atoms with Crippen LogP contribution in [0.25, 0.3) is 11.0 Å². The molecule has 10 nitrogen and oxygen atoms in total. The molecule has 3 aromatic rings. The van der Waals surface area contributed by atoms with Gasteiger partial charge in [0.15, 0.2) is 5.82 Å². The van der Waals surface area contributed by atoms with Gasteiger partial charge in [-0.2, -0.15) is 0 Å². The highest BCUT2D eigenvalue weighted by Crippen LogP contribution is 2.19. The number of ether oxygens (including phenoxy) is 3. The van der Waals surface area contributed by atoms with Gasteiger partial charge < -0.3 is 28.5 Å². The van der Waals surface area contributed by atoms with Crippen molar-refractivity contribution < 1.29 is 28.6 Å². The maximum Gasteiger partial charge on any atom is 0.364 e. The number of aromatic nitrogens is 2. The molecule has 2 heterocycles. The number of rotatable bonds is 9. The fourth-order valence-corrected chi connectivity index (χ4v) is 3.73. The predicted octanol–water partition coefficient (Wildman–Crippen LogP) is 2.39. The van der Waals surface area contributed by atoms with Crippen LogP contribution in [0.1, 0.15) is 18.3 Å². The van der Waals surface area contributed by atoms with Gasteiger partial charge in [0, 0.05) is 13.1 Å². The van der Waals surface area contributed by atoms with E-state index in [1.807, 2.05) is 48.5 Å². The van der Waals surface area contributed by atoms with Gasteiger partial charge in [-0.15, -0.1) is 0 Å². The van der Waals surface area contributed by atoms with E-state index in [1.165, 1.54) is 0 Å². The Labute approximate surface area is 203 Å². The maximum absolute atomic E-state index is 13.1. The van der Waals surface area contributed by atoms with Crippen molar-refractivity contribution in [2.24, 2.45) is 5.16 Å². The summed E-state index contributed by atoms with van der Waals surface area (Å²) < 4.78 is 17.4. The number of amides is 1. The largest absolute Gasteiger partial charge is 0.497 e. The summed E-state index contributed by atoms with van der Waals surface area (Å²) in [6.07, 6.45) is 0. The molecule has 1 saturated heterocycles. The molecule has 1 aliphatic heterocycles. The number of oxime groups is 1. The zero-order valence-corrected chi connectivity index (χ0v) is 19.8. The summed E-state index contributed by atoms with van der Waals surface area (Å²) >= 11 is 0. The predicted molar refractivity (Wildman–Crippen MR) is 128 cm³/mol. The number of carbonyl (C=O) groups is 2. The molecule has 0 spiro atoms. The molecule has 1 aliphatic rings. The lowest BCUT2D eigenvalue weighted by molar-refractivity contribution is -0.136. The third-order valence-corrected chi connectivity index (χ3v) is 5.54. The summed E-state index contributed by atoms with van der Waals surface area (Å²) in [7, 11) is 1.59. The summed E-state index contributed by atoms with van der Waals surface area (Å²) in [5.41, 5.74) is 2.07. The molecular weight excluding hydrogens is 452 g/mol. The zero-order valence-electron chi connectivity index (χ0n) is 19.8. The van der Waals surface area contributed by atoms with E-state index in [4.69, 9.17) is 19.0 Å². The van der Waals surface area contributed by atoms with Crippen molar-refractivity contribution in [1.29, 1.82) is 0 Å². The van der Waals surface area contributed by atoms with E-state index in [1.54, 1.807) is 23.5 Å². The summed E-state index contributed by atoms with van der Waals surface area (Å²) in [5, 5.41) is 4.11. The lowest BCUT2D eigenvalue weighted by Crippen LogP contribution is -2.42. The molecule has 0 N–H and O–H groups in total. The van der Waals surface area contributed by atoms with Crippen LogP contribution in [0, 0.1) is 0 Å². The van der Waals surface area contributed by atoms with Crippen molar-refractivity contribution in [3.8, 4) is 5.75 Å². The van der Waals surface area contributed by atoms with Crippen LogP contribution >= 0.6 is 0 Å². The molecule has 1 fully saturated rings. The number of carbonyl (C=O) groups excluding carboxylic acids is 2. The van der Waals surface area contributed by atoms with Crippen LogP contribution < -0.4 is 4.74 Å². The lowest BCUT2D eigenvalue weighted by atomic mass is 10.2. The topological polar surface area (TPSA) is 104 Å². The molecule has 184 valence electrons. The first-order valence-corrected chi connectivity index (χ1v) is 11.4. The van der Waals surface area contributed by atoms with Crippen LogP contribution in [-0.4, -0.2) is 72.1 Å². The Bertz CT molecular complexity index is 1200. The Hall–Kier alpha value is -3.92. The molecule has 0 bridgehead atoms. The summed E-state index contributed by atoms with van der Waals surface area (Å²) in [4.78, 5) is 37.8. The minimum Gasteiger partial charge on any atom is -0.497 e. The van der Waals surface area contributed by atoms with E-state index in [0.717, 1.165) is 11.3 Å². The smallest absolute Gasteiger partial charge is 0.364 e. The van der Waals surface area contributed by atoms with Crippen LogP contribution in [0.5, 0.6) is 5.75 Å². The molecule has 0 saturated carbocycles. The van der Waals surface area contributed by atoms with Crippen molar-refractivity contribution in [1.82, 2.24) is 14.5 Å². The third kappa shape index (κ3) is 5.78. The van der Waals surface area contributed by atoms with Crippen molar-refractivity contribution in [3.05, 3.63) is 59.9 Å². The molecule has 0 atom stereocenters. The van der Waals surface area contributed by atoms with E-state index < -0.39 is 5.97 Å². The normalized spacial score (nSPS) is 14.1. The Kier molecular flexibility index (Phi) is 7.94. The van der Waals surface area contributed by atoms with E-state index in [0.29, 0.717) is 37.3 Å². The second kappa shape index (κ2) is 11.5. The van der Waals surface area contributed by atoms with Crippen LogP contribution in [0.2, 0.25) is 0 Å². The van der Waals surface area contributed by atoms with Crippen LogP contribution in [-0.2, 0) is 37.1 Å². The van der Waals surface area contributed by atoms with E-state index in [-0.39, 0.29) is 37.2 Å². The molecule has 1 aromatic heterocycles. The lowest BCUT2D eigenvalue weighted by Gasteiger charge is -2.27. The molecule has 10 heteroatoms. The molecular formula is C25H28N4O6. The third-order valence-electron chi connectivity index (χ3n) is 5.54. The van der Waals surface area contributed by atoms with E-state index in [2.05, 4.69) is 10.1 Å².